The smallest absolute Gasteiger partial charge is 0.259 e. The van der Waals surface area contributed by atoms with E-state index in [4.69, 9.17) is 0 Å². The minimum atomic E-state index is -0.892. The third-order valence-corrected chi connectivity index (χ3v) is 3.73. The summed E-state index contributed by atoms with van der Waals surface area (Å²) < 4.78 is 0. The van der Waals surface area contributed by atoms with Gasteiger partial charge in [0.1, 0.15) is 6.04 Å². The van der Waals surface area contributed by atoms with Gasteiger partial charge in [0, 0.05) is 0 Å². The molecule has 1 fully saturated rings. The zero-order valence-corrected chi connectivity index (χ0v) is 12.1. The normalized spacial score (nSPS) is 17.9. The molecule has 2 aromatic carbocycles. The SMILES string of the molecule is Cc1ccc(N2C(=O)C[C@H](N(O)c3ccccc3)C2=O)cc1. The zero-order chi connectivity index (χ0) is 15.7. The van der Waals surface area contributed by atoms with Gasteiger partial charge in [0.25, 0.3) is 5.91 Å². The van der Waals surface area contributed by atoms with E-state index in [0.29, 0.717) is 11.4 Å². The lowest BCUT2D eigenvalue weighted by atomic mass is 10.2. The van der Waals surface area contributed by atoms with Crippen molar-refractivity contribution < 1.29 is 14.8 Å². The van der Waals surface area contributed by atoms with Crippen LogP contribution in [0.1, 0.15) is 12.0 Å². The Balaban J connectivity index is 1.87. The van der Waals surface area contributed by atoms with Crippen molar-refractivity contribution >= 4 is 23.2 Å². The summed E-state index contributed by atoms with van der Waals surface area (Å²) in [4.78, 5) is 25.8. The van der Waals surface area contributed by atoms with Crippen LogP contribution in [0.5, 0.6) is 0 Å². The highest BCUT2D eigenvalue weighted by atomic mass is 16.5. The van der Waals surface area contributed by atoms with E-state index in [-0.39, 0.29) is 12.3 Å². The van der Waals surface area contributed by atoms with Gasteiger partial charge in [0.15, 0.2) is 0 Å². The third kappa shape index (κ3) is 2.46. The first-order chi connectivity index (χ1) is 10.6. The Morgan fingerprint density at radius 3 is 2.32 bits per heavy atom. The highest BCUT2D eigenvalue weighted by Crippen LogP contribution is 2.27. The highest BCUT2D eigenvalue weighted by Gasteiger charge is 2.43. The Kier molecular flexibility index (Phi) is 3.65. The van der Waals surface area contributed by atoms with Gasteiger partial charge >= 0.3 is 0 Å². The molecular weight excluding hydrogens is 280 g/mol. The fraction of sp³-hybridized carbons (Fsp3) is 0.176. The van der Waals surface area contributed by atoms with E-state index in [1.165, 1.54) is 0 Å². The first-order valence-electron chi connectivity index (χ1n) is 7.04. The number of hydrogen-bond donors (Lipinski definition) is 1. The molecule has 2 amide bonds. The molecule has 0 bridgehead atoms. The van der Waals surface area contributed by atoms with E-state index in [1.54, 1.807) is 36.4 Å². The van der Waals surface area contributed by atoms with Crippen molar-refractivity contribution in [1.82, 2.24) is 0 Å². The number of anilines is 2. The summed E-state index contributed by atoms with van der Waals surface area (Å²) in [5.41, 5.74) is 2.07. The maximum atomic E-state index is 12.5. The minimum absolute atomic E-state index is 0.0435. The van der Waals surface area contributed by atoms with E-state index >= 15 is 0 Å². The van der Waals surface area contributed by atoms with Crippen LogP contribution >= 0.6 is 0 Å². The summed E-state index contributed by atoms with van der Waals surface area (Å²) >= 11 is 0. The standard InChI is InChI=1S/C17H16N2O3/c1-12-7-9-13(10-8-12)18-16(20)11-15(17(18)21)19(22)14-5-3-2-4-6-14/h2-10,15,22H,11H2,1H3/t15-/m0/s1. The molecule has 5 nitrogen and oxygen atoms in total. The highest BCUT2D eigenvalue weighted by molar-refractivity contribution is 6.23. The Morgan fingerprint density at radius 2 is 1.68 bits per heavy atom. The van der Waals surface area contributed by atoms with Gasteiger partial charge in [-0.3, -0.25) is 14.8 Å². The number of aryl methyl sites for hydroxylation is 1. The van der Waals surface area contributed by atoms with Gasteiger partial charge in [-0.1, -0.05) is 35.9 Å². The van der Waals surface area contributed by atoms with Gasteiger partial charge in [0.2, 0.25) is 5.91 Å². The predicted molar refractivity (Wildman–Crippen MR) is 82.8 cm³/mol. The van der Waals surface area contributed by atoms with Gasteiger partial charge in [-0.2, -0.15) is 0 Å². The van der Waals surface area contributed by atoms with Crippen molar-refractivity contribution in [3.05, 3.63) is 60.2 Å². The van der Waals surface area contributed by atoms with Gasteiger partial charge in [-0.05, 0) is 31.2 Å². The van der Waals surface area contributed by atoms with Gasteiger partial charge < -0.3 is 0 Å². The molecule has 0 unspecified atom stereocenters. The van der Waals surface area contributed by atoms with Crippen molar-refractivity contribution in [3.63, 3.8) is 0 Å². The molecule has 1 atom stereocenters. The van der Waals surface area contributed by atoms with Crippen molar-refractivity contribution in [2.75, 3.05) is 9.96 Å². The fourth-order valence-corrected chi connectivity index (χ4v) is 2.53. The van der Waals surface area contributed by atoms with Crippen LogP contribution in [0.2, 0.25) is 0 Å². The van der Waals surface area contributed by atoms with Crippen molar-refractivity contribution in [2.24, 2.45) is 0 Å². The number of amides is 2. The van der Waals surface area contributed by atoms with Crippen molar-refractivity contribution in [1.29, 1.82) is 0 Å². The monoisotopic (exact) mass is 296 g/mol. The number of carbonyl (C=O) groups excluding carboxylic acids is 2. The van der Waals surface area contributed by atoms with Crippen molar-refractivity contribution in [2.45, 2.75) is 19.4 Å². The van der Waals surface area contributed by atoms with Crippen LogP contribution in [0.25, 0.3) is 0 Å². The molecule has 0 spiro atoms. The van der Waals surface area contributed by atoms with Gasteiger partial charge in [0.05, 0.1) is 17.8 Å². The lowest BCUT2D eigenvalue weighted by Gasteiger charge is -2.22. The Hall–Kier alpha value is -2.66. The van der Waals surface area contributed by atoms with Crippen LogP contribution in [0.4, 0.5) is 11.4 Å². The Labute approximate surface area is 128 Å². The van der Waals surface area contributed by atoms with Crippen LogP contribution in [0.15, 0.2) is 54.6 Å². The summed E-state index contributed by atoms with van der Waals surface area (Å²) in [6.45, 7) is 1.94. The lowest BCUT2D eigenvalue weighted by molar-refractivity contribution is -0.121. The van der Waals surface area contributed by atoms with Crippen LogP contribution in [0.3, 0.4) is 0 Å². The molecule has 22 heavy (non-hydrogen) atoms. The number of benzene rings is 2. The maximum absolute atomic E-state index is 12.5. The first kappa shape index (κ1) is 14.3. The predicted octanol–water partition coefficient (Wildman–Crippen LogP) is 2.52. The molecule has 1 aliphatic rings. The number of para-hydroxylation sites is 1. The quantitative estimate of drug-likeness (QED) is 0.698. The number of rotatable bonds is 3. The molecule has 0 aliphatic carbocycles. The molecule has 1 heterocycles. The van der Waals surface area contributed by atoms with Gasteiger partial charge in [-0.25, -0.2) is 9.96 Å². The second kappa shape index (κ2) is 5.61. The number of carbonyl (C=O) groups is 2. The molecule has 112 valence electrons. The molecule has 5 heteroatoms. The maximum Gasteiger partial charge on any atom is 0.259 e. The van der Waals surface area contributed by atoms with Crippen LogP contribution in [-0.2, 0) is 9.59 Å². The van der Waals surface area contributed by atoms with Crippen LogP contribution < -0.4 is 9.96 Å². The molecule has 1 N–H and O–H groups in total. The van der Waals surface area contributed by atoms with Gasteiger partial charge in [-0.15, -0.1) is 0 Å². The molecule has 0 aromatic heterocycles. The average molecular weight is 296 g/mol. The van der Waals surface area contributed by atoms with Crippen LogP contribution in [-0.4, -0.2) is 23.1 Å². The van der Waals surface area contributed by atoms with E-state index in [1.807, 2.05) is 25.1 Å². The first-order valence-corrected chi connectivity index (χ1v) is 7.04. The fourth-order valence-electron chi connectivity index (χ4n) is 2.53. The molecule has 3 rings (SSSR count). The summed E-state index contributed by atoms with van der Waals surface area (Å²) in [5.74, 6) is -0.728. The zero-order valence-electron chi connectivity index (χ0n) is 12.1. The second-order valence-corrected chi connectivity index (χ2v) is 5.30. The molecule has 1 aliphatic heterocycles. The molecule has 0 saturated carbocycles. The summed E-state index contributed by atoms with van der Waals surface area (Å²) in [7, 11) is 0. The largest absolute Gasteiger partial charge is 0.288 e. The Morgan fingerprint density at radius 1 is 1.05 bits per heavy atom. The Bertz CT molecular complexity index is 698. The number of hydroxylamine groups is 1. The average Bonchev–Trinajstić information content (AvgIpc) is 2.83. The minimum Gasteiger partial charge on any atom is -0.288 e. The number of nitrogens with zero attached hydrogens (tertiary/aromatic N) is 2. The van der Waals surface area contributed by atoms with E-state index in [0.717, 1.165) is 15.5 Å². The summed E-state index contributed by atoms with van der Waals surface area (Å²) in [6.07, 6.45) is -0.0435. The molecule has 1 saturated heterocycles. The summed E-state index contributed by atoms with van der Waals surface area (Å²) in [6, 6.07) is 15.0. The number of hydrogen-bond acceptors (Lipinski definition) is 4. The second-order valence-electron chi connectivity index (χ2n) is 5.30. The summed E-state index contributed by atoms with van der Waals surface area (Å²) in [5, 5.41) is 11.1. The molecular formula is C17H16N2O3. The lowest BCUT2D eigenvalue weighted by Crippen LogP contribution is -2.40. The third-order valence-electron chi connectivity index (χ3n) is 3.73. The topological polar surface area (TPSA) is 60.9 Å². The molecule has 2 aromatic rings. The molecule has 0 radical (unpaired) electrons. The van der Waals surface area contributed by atoms with E-state index in [9.17, 15) is 14.8 Å². The van der Waals surface area contributed by atoms with E-state index in [2.05, 4.69) is 0 Å². The van der Waals surface area contributed by atoms with E-state index < -0.39 is 11.9 Å². The van der Waals surface area contributed by atoms with Crippen LogP contribution in [0, 0.1) is 6.92 Å². The van der Waals surface area contributed by atoms with Crippen molar-refractivity contribution in [3.8, 4) is 0 Å². The number of imide groups is 1.